The summed E-state index contributed by atoms with van der Waals surface area (Å²) in [4.78, 5) is 11.8. The van der Waals surface area contributed by atoms with E-state index < -0.39 is 0 Å². The molecule has 1 amide bonds. The fourth-order valence-corrected chi connectivity index (χ4v) is 2.95. The van der Waals surface area contributed by atoms with E-state index in [0.29, 0.717) is 15.9 Å². The highest BCUT2D eigenvalue weighted by Crippen LogP contribution is 2.35. The van der Waals surface area contributed by atoms with Gasteiger partial charge in [0.2, 0.25) is 5.13 Å². The van der Waals surface area contributed by atoms with E-state index in [2.05, 4.69) is 31.4 Å². The molecule has 0 saturated heterocycles. The van der Waals surface area contributed by atoms with Crippen LogP contribution >= 0.6 is 38.9 Å². The lowest BCUT2D eigenvalue weighted by Gasteiger charge is -2.12. The predicted molar refractivity (Wildman–Crippen MR) is 87.4 cm³/mol. The highest BCUT2D eigenvalue weighted by molar-refractivity contribution is 9.10. The van der Waals surface area contributed by atoms with Crippen LogP contribution in [0.1, 0.15) is 16.1 Å². The number of ether oxygens (including phenoxy) is 1. The molecule has 0 radical (unpaired) electrons. The Labute approximate surface area is 139 Å². The van der Waals surface area contributed by atoms with Crippen LogP contribution in [0.4, 0.5) is 5.13 Å². The first-order valence-corrected chi connectivity index (χ1v) is 8.05. The smallest absolute Gasteiger partial charge is 0.264 e. The van der Waals surface area contributed by atoms with Crippen LogP contribution in [0.25, 0.3) is 0 Å². The summed E-state index contributed by atoms with van der Waals surface area (Å²) in [6.07, 6.45) is 0. The number of hydrogen-bond acceptors (Lipinski definition) is 5. The maximum absolute atomic E-state index is 11.8. The first-order chi connectivity index (χ1) is 9.88. The van der Waals surface area contributed by atoms with E-state index in [1.54, 1.807) is 6.07 Å². The van der Waals surface area contributed by atoms with Gasteiger partial charge in [-0.15, -0.1) is 10.2 Å². The van der Waals surface area contributed by atoms with Crippen molar-refractivity contribution in [2.45, 2.75) is 20.8 Å². The van der Waals surface area contributed by atoms with Crippen LogP contribution < -0.4 is 10.1 Å². The van der Waals surface area contributed by atoms with E-state index in [-0.39, 0.29) is 12.5 Å². The maximum Gasteiger partial charge on any atom is 0.264 e. The number of aryl methyl sites for hydroxylation is 2. The van der Waals surface area contributed by atoms with E-state index in [0.717, 1.165) is 20.6 Å². The molecule has 21 heavy (non-hydrogen) atoms. The van der Waals surface area contributed by atoms with E-state index >= 15 is 0 Å². The molecular formula is C13H13BrClN3O2S. The quantitative estimate of drug-likeness (QED) is 0.860. The number of carbonyl (C=O) groups is 1. The number of nitrogens with zero attached hydrogens (tertiary/aromatic N) is 2. The van der Waals surface area contributed by atoms with Crippen molar-refractivity contribution in [2.75, 3.05) is 11.9 Å². The van der Waals surface area contributed by atoms with E-state index in [4.69, 9.17) is 16.3 Å². The minimum atomic E-state index is -0.289. The zero-order valence-corrected chi connectivity index (χ0v) is 14.8. The average Bonchev–Trinajstić information content (AvgIpc) is 2.84. The van der Waals surface area contributed by atoms with Gasteiger partial charge in [-0.3, -0.25) is 10.1 Å². The molecule has 5 nitrogen and oxygen atoms in total. The molecule has 8 heteroatoms. The molecule has 1 aromatic heterocycles. The Hall–Kier alpha value is -1.18. The number of hydrogen-bond donors (Lipinski definition) is 1. The van der Waals surface area contributed by atoms with Gasteiger partial charge in [0.15, 0.2) is 6.61 Å². The Morgan fingerprint density at radius 1 is 1.43 bits per heavy atom. The molecule has 1 aromatic carbocycles. The second kappa shape index (κ2) is 6.72. The van der Waals surface area contributed by atoms with Crippen molar-refractivity contribution in [1.82, 2.24) is 10.2 Å². The molecule has 0 bridgehead atoms. The normalized spacial score (nSPS) is 10.5. The van der Waals surface area contributed by atoms with E-state index in [1.165, 1.54) is 11.3 Å². The second-order valence-electron chi connectivity index (χ2n) is 4.41. The van der Waals surface area contributed by atoms with Crippen molar-refractivity contribution in [2.24, 2.45) is 0 Å². The Bertz CT molecular complexity index is 690. The van der Waals surface area contributed by atoms with Gasteiger partial charge < -0.3 is 4.74 Å². The van der Waals surface area contributed by atoms with Crippen LogP contribution in [0, 0.1) is 20.8 Å². The summed E-state index contributed by atoms with van der Waals surface area (Å²) in [6.45, 7) is 5.48. The van der Waals surface area contributed by atoms with Gasteiger partial charge in [-0.1, -0.05) is 22.9 Å². The number of anilines is 1. The van der Waals surface area contributed by atoms with Crippen molar-refractivity contribution in [3.05, 3.63) is 31.7 Å². The lowest BCUT2D eigenvalue weighted by atomic mass is 10.1. The largest absolute Gasteiger partial charge is 0.483 e. The molecular weight excluding hydrogens is 378 g/mol. The molecule has 0 aliphatic heterocycles. The average molecular weight is 391 g/mol. The third kappa shape index (κ3) is 3.93. The molecule has 0 aliphatic rings. The number of rotatable bonds is 4. The summed E-state index contributed by atoms with van der Waals surface area (Å²) >= 11 is 10.9. The molecule has 1 N–H and O–H groups in total. The van der Waals surface area contributed by atoms with Crippen LogP contribution in [-0.4, -0.2) is 22.7 Å². The van der Waals surface area contributed by atoms with Crippen molar-refractivity contribution >= 4 is 49.9 Å². The van der Waals surface area contributed by atoms with Gasteiger partial charge in [-0.05, 0) is 53.9 Å². The first-order valence-electron chi connectivity index (χ1n) is 6.06. The monoisotopic (exact) mass is 389 g/mol. The summed E-state index contributed by atoms with van der Waals surface area (Å²) in [5.41, 5.74) is 1.78. The van der Waals surface area contributed by atoms with Crippen LogP contribution in [0.15, 0.2) is 10.5 Å². The topological polar surface area (TPSA) is 64.1 Å². The van der Waals surface area contributed by atoms with Crippen molar-refractivity contribution in [3.8, 4) is 5.75 Å². The molecule has 0 saturated carbocycles. The Morgan fingerprint density at radius 3 is 2.76 bits per heavy atom. The lowest BCUT2D eigenvalue weighted by molar-refractivity contribution is -0.118. The standard InChI is InChI=1S/C13H13BrClN3O2S/c1-6-4-9(11(14)7(2)12(6)15)20-5-10(19)16-13-18-17-8(3)21-13/h4H,5H2,1-3H3,(H,16,18,19). The van der Waals surface area contributed by atoms with E-state index in [1.807, 2.05) is 20.8 Å². The first kappa shape index (κ1) is 16.2. The minimum Gasteiger partial charge on any atom is -0.483 e. The maximum atomic E-state index is 11.8. The summed E-state index contributed by atoms with van der Waals surface area (Å²) in [6, 6.07) is 1.79. The molecule has 0 atom stereocenters. The number of nitrogens with one attached hydrogen (secondary N) is 1. The van der Waals surface area contributed by atoms with Gasteiger partial charge >= 0.3 is 0 Å². The predicted octanol–water partition coefficient (Wildman–Crippen LogP) is 3.90. The molecule has 1 heterocycles. The molecule has 112 valence electrons. The molecule has 0 unspecified atom stereocenters. The van der Waals surface area contributed by atoms with Crippen LogP contribution in [0.2, 0.25) is 5.02 Å². The summed E-state index contributed by atoms with van der Waals surface area (Å²) in [5.74, 6) is 0.293. The molecule has 2 rings (SSSR count). The third-order valence-electron chi connectivity index (χ3n) is 2.70. The number of amides is 1. The van der Waals surface area contributed by atoms with Gasteiger partial charge in [0.05, 0.1) is 4.47 Å². The minimum absolute atomic E-state index is 0.113. The molecule has 2 aromatic rings. The Balaban J connectivity index is 2.01. The van der Waals surface area contributed by atoms with Crippen LogP contribution in [0.5, 0.6) is 5.75 Å². The number of carbonyl (C=O) groups excluding carboxylic acids is 1. The van der Waals surface area contributed by atoms with Crippen LogP contribution in [-0.2, 0) is 4.79 Å². The number of benzene rings is 1. The molecule has 0 spiro atoms. The van der Waals surface area contributed by atoms with Gasteiger partial charge in [-0.2, -0.15) is 0 Å². The van der Waals surface area contributed by atoms with Gasteiger partial charge in [0.1, 0.15) is 10.8 Å². The number of aromatic nitrogens is 2. The van der Waals surface area contributed by atoms with E-state index in [9.17, 15) is 4.79 Å². The highest BCUT2D eigenvalue weighted by Gasteiger charge is 2.13. The zero-order chi connectivity index (χ0) is 15.6. The van der Waals surface area contributed by atoms with Crippen LogP contribution in [0.3, 0.4) is 0 Å². The van der Waals surface area contributed by atoms with Gasteiger partial charge in [0.25, 0.3) is 5.91 Å². The summed E-state index contributed by atoms with van der Waals surface area (Å²) < 4.78 is 6.28. The van der Waals surface area contributed by atoms with Gasteiger partial charge in [-0.25, -0.2) is 0 Å². The van der Waals surface area contributed by atoms with Crippen molar-refractivity contribution in [1.29, 1.82) is 0 Å². The Kier molecular flexibility index (Phi) is 5.18. The number of halogens is 2. The van der Waals surface area contributed by atoms with Crippen molar-refractivity contribution < 1.29 is 9.53 Å². The summed E-state index contributed by atoms with van der Waals surface area (Å²) in [5, 5.41) is 12.2. The fourth-order valence-electron chi connectivity index (χ4n) is 1.65. The molecule has 0 aliphatic carbocycles. The summed E-state index contributed by atoms with van der Waals surface area (Å²) in [7, 11) is 0. The Morgan fingerprint density at radius 2 is 2.14 bits per heavy atom. The van der Waals surface area contributed by atoms with Crippen molar-refractivity contribution in [3.63, 3.8) is 0 Å². The SMILES string of the molecule is Cc1nnc(NC(=O)COc2cc(C)c(Cl)c(C)c2Br)s1. The van der Waals surface area contributed by atoms with Gasteiger partial charge in [0, 0.05) is 5.02 Å². The highest BCUT2D eigenvalue weighted by atomic mass is 79.9. The fraction of sp³-hybridized carbons (Fsp3) is 0.308. The second-order valence-corrected chi connectivity index (χ2v) is 6.76. The zero-order valence-electron chi connectivity index (χ0n) is 11.7. The molecule has 0 fully saturated rings. The third-order valence-corrected chi connectivity index (χ3v) is 5.02. The lowest BCUT2D eigenvalue weighted by Crippen LogP contribution is -2.20.